The molecule has 1 amide bonds. The second kappa shape index (κ2) is 6.48. The lowest BCUT2D eigenvalue weighted by atomic mass is 9.99. The summed E-state index contributed by atoms with van der Waals surface area (Å²) in [5.74, 6) is -0.427. The highest BCUT2D eigenvalue weighted by Crippen LogP contribution is 2.13. The molecule has 0 radical (unpaired) electrons. The van der Waals surface area contributed by atoms with Crippen LogP contribution >= 0.6 is 0 Å². The molecule has 0 aliphatic carbocycles. The second-order valence-corrected chi connectivity index (χ2v) is 4.13. The first-order chi connectivity index (χ1) is 7.65. The summed E-state index contributed by atoms with van der Waals surface area (Å²) in [5, 5.41) is 5.93. The molecule has 1 saturated heterocycles. The zero-order valence-electron chi connectivity index (χ0n) is 9.91. The van der Waals surface area contributed by atoms with Gasteiger partial charge >= 0.3 is 5.97 Å². The molecule has 1 aliphatic heterocycles. The molecule has 0 spiro atoms. The fourth-order valence-corrected chi connectivity index (χ4v) is 1.85. The van der Waals surface area contributed by atoms with E-state index < -0.39 is 12.0 Å². The molecule has 1 aliphatic rings. The summed E-state index contributed by atoms with van der Waals surface area (Å²) in [6.07, 6.45) is 2.72. The van der Waals surface area contributed by atoms with E-state index in [9.17, 15) is 9.59 Å². The van der Waals surface area contributed by atoms with Gasteiger partial charge in [-0.3, -0.25) is 4.79 Å². The molecule has 16 heavy (non-hydrogen) atoms. The van der Waals surface area contributed by atoms with E-state index in [4.69, 9.17) is 0 Å². The monoisotopic (exact) mass is 228 g/mol. The van der Waals surface area contributed by atoms with Gasteiger partial charge in [-0.2, -0.15) is 0 Å². The molecule has 0 aromatic rings. The lowest BCUT2D eigenvalue weighted by Gasteiger charge is -2.17. The molecular weight excluding hydrogens is 208 g/mol. The van der Waals surface area contributed by atoms with Crippen LogP contribution in [0.5, 0.6) is 0 Å². The fraction of sp³-hybridized carbons (Fsp3) is 0.818. The van der Waals surface area contributed by atoms with Gasteiger partial charge in [0.05, 0.1) is 7.11 Å². The Bertz CT molecular complexity index is 248. The lowest BCUT2D eigenvalue weighted by molar-refractivity contribution is -0.145. The summed E-state index contributed by atoms with van der Waals surface area (Å²) in [4.78, 5) is 23.0. The van der Waals surface area contributed by atoms with Crippen molar-refractivity contribution in [2.24, 2.45) is 5.92 Å². The first-order valence-electron chi connectivity index (χ1n) is 5.74. The van der Waals surface area contributed by atoms with Crippen molar-refractivity contribution in [3.63, 3.8) is 0 Å². The third kappa shape index (κ3) is 3.81. The van der Waals surface area contributed by atoms with E-state index in [1.165, 1.54) is 7.11 Å². The Morgan fingerprint density at radius 2 is 2.12 bits per heavy atom. The molecule has 2 unspecified atom stereocenters. The molecule has 92 valence electrons. The van der Waals surface area contributed by atoms with Crippen LogP contribution in [0.1, 0.15) is 26.2 Å². The largest absolute Gasteiger partial charge is 0.467 e. The van der Waals surface area contributed by atoms with Crippen LogP contribution in [-0.2, 0) is 14.3 Å². The van der Waals surface area contributed by atoms with Gasteiger partial charge in [-0.1, -0.05) is 0 Å². The Hall–Kier alpha value is -1.10. The van der Waals surface area contributed by atoms with E-state index in [0.29, 0.717) is 0 Å². The maximum Gasteiger partial charge on any atom is 0.328 e. The van der Waals surface area contributed by atoms with E-state index in [1.807, 2.05) is 0 Å². The van der Waals surface area contributed by atoms with Crippen LogP contribution in [0, 0.1) is 5.92 Å². The Morgan fingerprint density at radius 1 is 1.38 bits per heavy atom. The smallest absolute Gasteiger partial charge is 0.328 e. The van der Waals surface area contributed by atoms with Gasteiger partial charge in [0.2, 0.25) is 5.91 Å². The third-order valence-corrected chi connectivity index (χ3v) is 2.86. The summed E-state index contributed by atoms with van der Waals surface area (Å²) < 4.78 is 4.56. The van der Waals surface area contributed by atoms with Crippen LogP contribution in [0.25, 0.3) is 0 Å². The summed E-state index contributed by atoms with van der Waals surface area (Å²) >= 11 is 0. The van der Waals surface area contributed by atoms with Gasteiger partial charge in [-0.25, -0.2) is 4.79 Å². The highest BCUT2D eigenvalue weighted by Gasteiger charge is 2.23. The Kier molecular flexibility index (Phi) is 5.25. The van der Waals surface area contributed by atoms with Crippen molar-refractivity contribution in [1.82, 2.24) is 10.6 Å². The predicted molar refractivity (Wildman–Crippen MR) is 59.8 cm³/mol. The molecule has 2 atom stereocenters. The number of rotatable bonds is 3. The first kappa shape index (κ1) is 13.0. The SMILES string of the molecule is COC(=O)C(C)NC(=O)C1CCCNCC1. The van der Waals surface area contributed by atoms with Crippen LogP contribution in [0.15, 0.2) is 0 Å². The van der Waals surface area contributed by atoms with Gasteiger partial charge in [-0.15, -0.1) is 0 Å². The summed E-state index contributed by atoms with van der Waals surface area (Å²) in [6.45, 7) is 3.47. The lowest BCUT2D eigenvalue weighted by Crippen LogP contribution is -2.42. The molecular formula is C11H20N2O3. The molecule has 1 rings (SSSR count). The van der Waals surface area contributed by atoms with E-state index in [1.54, 1.807) is 6.92 Å². The van der Waals surface area contributed by atoms with Crippen LogP contribution in [0.3, 0.4) is 0 Å². The predicted octanol–water partition coefficient (Wildman–Crippen LogP) is 0.0538. The van der Waals surface area contributed by atoms with Crippen LogP contribution in [0.4, 0.5) is 0 Å². The Morgan fingerprint density at radius 3 is 2.81 bits per heavy atom. The van der Waals surface area contributed by atoms with Crippen molar-refractivity contribution < 1.29 is 14.3 Å². The number of nitrogens with one attached hydrogen (secondary N) is 2. The number of methoxy groups -OCH3 is 1. The normalized spacial score (nSPS) is 23.0. The molecule has 2 N–H and O–H groups in total. The van der Waals surface area contributed by atoms with Crippen molar-refractivity contribution in [2.45, 2.75) is 32.2 Å². The van der Waals surface area contributed by atoms with Crippen molar-refractivity contribution >= 4 is 11.9 Å². The third-order valence-electron chi connectivity index (χ3n) is 2.86. The molecule has 0 aromatic carbocycles. The molecule has 1 heterocycles. The van der Waals surface area contributed by atoms with E-state index in [0.717, 1.165) is 32.4 Å². The van der Waals surface area contributed by atoms with Crippen molar-refractivity contribution in [3.8, 4) is 0 Å². The standard InChI is InChI=1S/C11H20N2O3/c1-8(11(15)16-2)13-10(14)9-4-3-6-12-7-5-9/h8-9,12H,3-7H2,1-2H3,(H,13,14). The van der Waals surface area contributed by atoms with Gasteiger partial charge in [0.25, 0.3) is 0 Å². The Balaban J connectivity index is 2.41. The molecule has 0 aromatic heterocycles. The minimum atomic E-state index is -0.561. The number of hydrogen-bond acceptors (Lipinski definition) is 4. The highest BCUT2D eigenvalue weighted by atomic mass is 16.5. The molecule has 5 heteroatoms. The molecule has 0 saturated carbocycles. The quantitative estimate of drug-likeness (QED) is 0.670. The second-order valence-electron chi connectivity index (χ2n) is 4.13. The number of ether oxygens (including phenoxy) is 1. The number of amides is 1. The minimum absolute atomic E-state index is 0.0158. The van der Waals surface area contributed by atoms with E-state index in [-0.39, 0.29) is 11.8 Å². The summed E-state index contributed by atoms with van der Waals surface area (Å²) in [5.41, 5.74) is 0. The van der Waals surface area contributed by atoms with Gasteiger partial charge in [0.1, 0.15) is 6.04 Å². The minimum Gasteiger partial charge on any atom is -0.467 e. The maximum absolute atomic E-state index is 11.8. The van der Waals surface area contributed by atoms with E-state index in [2.05, 4.69) is 15.4 Å². The van der Waals surface area contributed by atoms with E-state index >= 15 is 0 Å². The van der Waals surface area contributed by atoms with Gasteiger partial charge < -0.3 is 15.4 Å². The zero-order chi connectivity index (χ0) is 12.0. The number of esters is 1. The Labute approximate surface area is 95.9 Å². The number of carbonyl (C=O) groups is 2. The fourth-order valence-electron chi connectivity index (χ4n) is 1.85. The molecule has 0 bridgehead atoms. The van der Waals surface area contributed by atoms with Gasteiger partial charge in [-0.05, 0) is 39.3 Å². The zero-order valence-corrected chi connectivity index (χ0v) is 9.91. The van der Waals surface area contributed by atoms with Crippen LogP contribution in [0.2, 0.25) is 0 Å². The van der Waals surface area contributed by atoms with Gasteiger partial charge in [0, 0.05) is 5.92 Å². The van der Waals surface area contributed by atoms with Crippen molar-refractivity contribution in [2.75, 3.05) is 20.2 Å². The average molecular weight is 228 g/mol. The van der Waals surface area contributed by atoms with Crippen LogP contribution < -0.4 is 10.6 Å². The van der Waals surface area contributed by atoms with Crippen molar-refractivity contribution in [1.29, 1.82) is 0 Å². The summed E-state index contributed by atoms with van der Waals surface area (Å²) in [6, 6.07) is -0.561. The number of carbonyl (C=O) groups excluding carboxylic acids is 2. The first-order valence-corrected chi connectivity index (χ1v) is 5.74. The highest BCUT2D eigenvalue weighted by molar-refractivity contribution is 5.85. The molecule has 1 fully saturated rings. The molecule has 5 nitrogen and oxygen atoms in total. The van der Waals surface area contributed by atoms with Crippen molar-refractivity contribution in [3.05, 3.63) is 0 Å². The van der Waals surface area contributed by atoms with Crippen LogP contribution in [-0.4, -0.2) is 38.1 Å². The van der Waals surface area contributed by atoms with Gasteiger partial charge in [0.15, 0.2) is 0 Å². The summed E-state index contributed by atoms with van der Waals surface area (Å²) in [7, 11) is 1.32. The maximum atomic E-state index is 11.8. The topological polar surface area (TPSA) is 67.4 Å². The number of hydrogen-bond donors (Lipinski definition) is 2. The average Bonchev–Trinajstić information content (AvgIpc) is 2.56.